The number of β-amino-alcohol motifs (C(OH)–C–C–N with tert-alkyl or cyclic N) is 1. The maximum Gasteiger partial charge on any atom is 0.136 e. The Morgan fingerprint density at radius 1 is 1.13 bits per heavy atom. The predicted octanol–water partition coefficient (Wildman–Crippen LogP) is 3.75. The monoisotopic (exact) mass is 414 g/mol. The quantitative estimate of drug-likeness (QED) is 0.677. The molecule has 0 amide bonds. The first-order chi connectivity index (χ1) is 14.5. The summed E-state index contributed by atoms with van der Waals surface area (Å²) in [6.07, 6.45) is 4.28. The fourth-order valence-electron chi connectivity index (χ4n) is 4.20. The molecule has 0 saturated carbocycles. The number of aromatic nitrogens is 2. The van der Waals surface area contributed by atoms with Gasteiger partial charge in [-0.3, -0.25) is 4.90 Å². The van der Waals surface area contributed by atoms with E-state index in [1.54, 1.807) is 12.1 Å². The molecule has 1 aliphatic rings. The van der Waals surface area contributed by atoms with Crippen LogP contribution in [0.2, 0.25) is 0 Å². The maximum atomic E-state index is 13.7. The van der Waals surface area contributed by atoms with E-state index in [1.165, 1.54) is 6.07 Å². The van der Waals surface area contributed by atoms with Crippen LogP contribution in [-0.4, -0.2) is 58.8 Å². The van der Waals surface area contributed by atoms with Gasteiger partial charge >= 0.3 is 0 Å². The van der Waals surface area contributed by atoms with E-state index in [0.29, 0.717) is 6.42 Å². The highest BCUT2D eigenvalue weighted by atomic mass is 19.1. The Morgan fingerprint density at radius 2 is 1.90 bits per heavy atom. The SMILES string of the molecule is CCCCC(O)CN1CCN(c2nc(C)nc(CC)c2Cc2cccc(F)c2)CC1. The molecule has 1 saturated heterocycles. The van der Waals surface area contributed by atoms with E-state index >= 15 is 0 Å². The van der Waals surface area contributed by atoms with Crippen molar-refractivity contribution in [1.82, 2.24) is 14.9 Å². The number of anilines is 1. The van der Waals surface area contributed by atoms with Crippen molar-refractivity contribution in [2.24, 2.45) is 0 Å². The van der Waals surface area contributed by atoms with Crippen molar-refractivity contribution in [1.29, 1.82) is 0 Å². The van der Waals surface area contributed by atoms with Gasteiger partial charge in [0.1, 0.15) is 17.5 Å². The Balaban J connectivity index is 1.75. The van der Waals surface area contributed by atoms with Crippen molar-refractivity contribution >= 4 is 5.82 Å². The van der Waals surface area contributed by atoms with Gasteiger partial charge in [-0.05, 0) is 37.5 Å². The van der Waals surface area contributed by atoms with Crippen molar-refractivity contribution in [3.05, 3.63) is 52.7 Å². The van der Waals surface area contributed by atoms with Crippen LogP contribution in [0.5, 0.6) is 0 Å². The maximum absolute atomic E-state index is 13.7. The van der Waals surface area contributed by atoms with Crippen LogP contribution in [0.1, 0.15) is 55.8 Å². The molecule has 30 heavy (non-hydrogen) atoms. The van der Waals surface area contributed by atoms with Crippen molar-refractivity contribution in [3.8, 4) is 0 Å². The fraction of sp³-hybridized carbons (Fsp3) is 0.583. The molecule has 0 aliphatic carbocycles. The molecule has 1 aromatic heterocycles. The Bertz CT molecular complexity index is 821. The minimum atomic E-state index is -0.243. The van der Waals surface area contributed by atoms with Crippen LogP contribution in [0, 0.1) is 12.7 Å². The lowest BCUT2D eigenvalue weighted by Gasteiger charge is -2.37. The van der Waals surface area contributed by atoms with Gasteiger partial charge in [0, 0.05) is 50.4 Å². The molecule has 1 N–H and O–H groups in total. The molecule has 2 aromatic rings. The highest BCUT2D eigenvalue weighted by Crippen LogP contribution is 2.26. The molecule has 2 heterocycles. The molecular weight excluding hydrogens is 379 g/mol. The molecule has 1 unspecified atom stereocenters. The number of halogens is 1. The zero-order valence-electron chi connectivity index (χ0n) is 18.6. The van der Waals surface area contributed by atoms with Crippen LogP contribution in [-0.2, 0) is 12.8 Å². The summed E-state index contributed by atoms with van der Waals surface area (Å²) in [7, 11) is 0. The molecule has 1 aromatic carbocycles. The van der Waals surface area contributed by atoms with Gasteiger partial charge in [0.25, 0.3) is 0 Å². The van der Waals surface area contributed by atoms with Crippen LogP contribution in [0.25, 0.3) is 0 Å². The largest absolute Gasteiger partial charge is 0.392 e. The van der Waals surface area contributed by atoms with Gasteiger partial charge in [-0.2, -0.15) is 0 Å². The first-order valence-electron chi connectivity index (χ1n) is 11.3. The van der Waals surface area contributed by atoms with E-state index in [1.807, 2.05) is 13.0 Å². The van der Waals surface area contributed by atoms with Crippen LogP contribution in [0.4, 0.5) is 10.2 Å². The zero-order valence-corrected chi connectivity index (χ0v) is 18.6. The third-order valence-electron chi connectivity index (χ3n) is 5.82. The van der Waals surface area contributed by atoms with Crippen molar-refractivity contribution < 1.29 is 9.50 Å². The second-order valence-electron chi connectivity index (χ2n) is 8.26. The van der Waals surface area contributed by atoms with Crippen LogP contribution in [0.15, 0.2) is 24.3 Å². The van der Waals surface area contributed by atoms with Gasteiger partial charge in [0.15, 0.2) is 0 Å². The Labute approximate surface area is 180 Å². The Hall–Kier alpha value is -2.05. The van der Waals surface area contributed by atoms with E-state index in [4.69, 9.17) is 4.98 Å². The summed E-state index contributed by atoms with van der Waals surface area (Å²) >= 11 is 0. The van der Waals surface area contributed by atoms with E-state index in [-0.39, 0.29) is 11.9 Å². The molecule has 0 radical (unpaired) electrons. The van der Waals surface area contributed by atoms with Gasteiger partial charge in [0.2, 0.25) is 0 Å². The van der Waals surface area contributed by atoms with Crippen molar-refractivity contribution in [2.45, 2.75) is 59.0 Å². The second-order valence-corrected chi connectivity index (χ2v) is 8.26. The first kappa shape index (κ1) is 22.6. The van der Waals surface area contributed by atoms with Crippen LogP contribution >= 0.6 is 0 Å². The number of piperazine rings is 1. The summed E-state index contributed by atoms with van der Waals surface area (Å²) in [5.41, 5.74) is 3.08. The molecule has 5 nitrogen and oxygen atoms in total. The number of aliphatic hydroxyl groups excluding tert-OH is 1. The molecule has 0 bridgehead atoms. The lowest BCUT2D eigenvalue weighted by Crippen LogP contribution is -2.49. The standard InChI is InChI=1S/C24H35FN4O/c1-4-6-10-21(30)17-28-11-13-29(14-12-28)24-22(23(5-2)26-18(3)27-24)16-19-8-7-9-20(25)15-19/h7-9,15,21,30H,4-6,10-14,16-17H2,1-3H3. The van der Waals surface area contributed by atoms with Crippen LogP contribution < -0.4 is 4.90 Å². The number of unbranched alkanes of at least 4 members (excludes halogenated alkanes) is 1. The summed E-state index contributed by atoms with van der Waals surface area (Å²) < 4.78 is 13.7. The summed E-state index contributed by atoms with van der Waals surface area (Å²) in [4.78, 5) is 14.2. The second kappa shape index (κ2) is 10.8. The number of hydrogen-bond donors (Lipinski definition) is 1. The molecule has 1 atom stereocenters. The normalized spacial score (nSPS) is 16.1. The van der Waals surface area contributed by atoms with E-state index in [2.05, 4.69) is 28.6 Å². The zero-order chi connectivity index (χ0) is 21.5. The van der Waals surface area contributed by atoms with Gasteiger partial charge in [-0.15, -0.1) is 0 Å². The minimum Gasteiger partial charge on any atom is -0.392 e. The first-order valence-corrected chi connectivity index (χ1v) is 11.3. The number of hydrogen-bond acceptors (Lipinski definition) is 5. The van der Waals surface area contributed by atoms with Gasteiger partial charge in [-0.25, -0.2) is 14.4 Å². The Kier molecular flexibility index (Phi) is 8.16. The highest BCUT2D eigenvalue weighted by molar-refractivity contribution is 5.52. The molecule has 1 aliphatic heterocycles. The number of benzene rings is 1. The van der Waals surface area contributed by atoms with E-state index in [9.17, 15) is 9.50 Å². The Morgan fingerprint density at radius 3 is 2.57 bits per heavy atom. The fourth-order valence-corrected chi connectivity index (χ4v) is 4.20. The number of nitrogens with zero attached hydrogens (tertiary/aromatic N) is 4. The summed E-state index contributed by atoms with van der Waals surface area (Å²) in [6, 6.07) is 6.79. The van der Waals surface area contributed by atoms with Crippen molar-refractivity contribution in [3.63, 3.8) is 0 Å². The lowest BCUT2D eigenvalue weighted by atomic mass is 10.0. The van der Waals surface area contributed by atoms with Crippen molar-refractivity contribution in [2.75, 3.05) is 37.6 Å². The van der Waals surface area contributed by atoms with E-state index < -0.39 is 0 Å². The molecule has 164 valence electrons. The highest BCUT2D eigenvalue weighted by Gasteiger charge is 2.24. The molecular formula is C24H35FN4O. The number of aryl methyl sites for hydroxylation is 2. The topological polar surface area (TPSA) is 52.5 Å². The average molecular weight is 415 g/mol. The number of rotatable bonds is 9. The lowest BCUT2D eigenvalue weighted by molar-refractivity contribution is 0.100. The molecule has 6 heteroatoms. The smallest absolute Gasteiger partial charge is 0.136 e. The predicted molar refractivity (Wildman–Crippen MR) is 120 cm³/mol. The summed E-state index contributed by atoms with van der Waals surface area (Å²) in [5.74, 6) is 1.55. The van der Waals surface area contributed by atoms with Gasteiger partial charge in [-0.1, -0.05) is 38.8 Å². The average Bonchev–Trinajstić information content (AvgIpc) is 2.74. The van der Waals surface area contributed by atoms with Gasteiger partial charge in [0.05, 0.1) is 6.10 Å². The van der Waals surface area contributed by atoms with E-state index in [0.717, 1.165) is 86.9 Å². The third-order valence-corrected chi connectivity index (χ3v) is 5.82. The van der Waals surface area contributed by atoms with Gasteiger partial charge < -0.3 is 10.0 Å². The summed E-state index contributed by atoms with van der Waals surface area (Å²) in [6.45, 7) is 10.5. The molecule has 0 spiro atoms. The molecule has 3 rings (SSSR count). The third kappa shape index (κ3) is 5.99. The molecule has 1 fully saturated rings. The summed E-state index contributed by atoms with van der Waals surface area (Å²) in [5, 5.41) is 10.2. The minimum absolute atomic E-state index is 0.213. The number of aliphatic hydroxyl groups is 1. The van der Waals surface area contributed by atoms with Crippen LogP contribution in [0.3, 0.4) is 0 Å².